The molecule has 1 aromatic carbocycles. The lowest BCUT2D eigenvalue weighted by molar-refractivity contribution is -0.131. The van der Waals surface area contributed by atoms with Crippen LogP contribution in [0.1, 0.15) is 26.3 Å². The Morgan fingerprint density at radius 1 is 1.20 bits per heavy atom. The molecule has 108 valence electrons. The second-order valence-electron chi connectivity index (χ2n) is 5.30. The lowest BCUT2D eigenvalue weighted by Crippen LogP contribution is -2.34. The van der Waals surface area contributed by atoms with Crippen LogP contribution in [-0.2, 0) is 9.53 Å². The molecule has 0 aliphatic carbocycles. The Morgan fingerprint density at radius 3 is 2.20 bits per heavy atom. The molecule has 5 nitrogen and oxygen atoms in total. The third-order valence-electron chi connectivity index (χ3n) is 2.37. The highest BCUT2D eigenvalue weighted by atomic mass is 16.6. The van der Waals surface area contributed by atoms with E-state index in [1.165, 1.54) is 11.0 Å². The number of benzene rings is 1. The van der Waals surface area contributed by atoms with Crippen molar-refractivity contribution in [3.05, 3.63) is 35.9 Å². The molecular weight excluding hydrogens is 258 g/mol. The normalized spacial score (nSPS) is 11.4. The number of carboxylic acids is 1. The molecule has 0 unspecified atom stereocenters. The summed E-state index contributed by atoms with van der Waals surface area (Å²) in [5.41, 5.74) is 0.871. The highest BCUT2D eigenvalue weighted by Crippen LogP contribution is 2.18. The van der Waals surface area contributed by atoms with Gasteiger partial charge in [0.1, 0.15) is 5.60 Å². The summed E-state index contributed by atoms with van der Waals surface area (Å²) in [6.07, 6.45) is 2.11. The van der Waals surface area contributed by atoms with Crippen molar-refractivity contribution in [2.45, 2.75) is 26.4 Å². The summed E-state index contributed by atoms with van der Waals surface area (Å²) in [6.45, 7) is 5.41. The molecule has 1 amide bonds. The first-order valence-corrected chi connectivity index (χ1v) is 6.17. The highest BCUT2D eigenvalue weighted by molar-refractivity contribution is 5.88. The van der Waals surface area contributed by atoms with Gasteiger partial charge >= 0.3 is 12.1 Å². The molecule has 0 saturated heterocycles. The molecule has 0 spiro atoms. The van der Waals surface area contributed by atoms with Crippen LogP contribution in [0.3, 0.4) is 0 Å². The van der Waals surface area contributed by atoms with E-state index < -0.39 is 17.7 Å². The number of amides is 1. The molecule has 0 aliphatic heterocycles. The van der Waals surface area contributed by atoms with Gasteiger partial charge in [0.15, 0.2) is 0 Å². The average molecular weight is 277 g/mol. The van der Waals surface area contributed by atoms with E-state index in [0.717, 1.165) is 11.6 Å². The SMILES string of the molecule is CN(C(=O)OC(C)(C)C)c1ccc(C=CC(=O)O)cc1. The zero-order valence-corrected chi connectivity index (χ0v) is 12.1. The van der Waals surface area contributed by atoms with Crippen LogP contribution in [0.4, 0.5) is 10.5 Å². The van der Waals surface area contributed by atoms with Crippen molar-refractivity contribution >= 4 is 23.8 Å². The summed E-state index contributed by atoms with van der Waals surface area (Å²) in [5, 5.41) is 8.54. The minimum Gasteiger partial charge on any atom is -0.478 e. The second kappa shape index (κ2) is 6.23. The quantitative estimate of drug-likeness (QED) is 0.862. The van der Waals surface area contributed by atoms with Crippen LogP contribution in [0.25, 0.3) is 6.08 Å². The van der Waals surface area contributed by atoms with Crippen molar-refractivity contribution < 1.29 is 19.4 Å². The molecule has 0 heterocycles. The summed E-state index contributed by atoms with van der Waals surface area (Å²) < 4.78 is 5.26. The van der Waals surface area contributed by atoms with Crippen molar-refractivity contribution in [3.63, 3.8) is 0 Å². The van der Waals surface area contributed by atoms with E-state index in [2.05, 4.69) is 0 Å². The Balaban J connectivity index is 2.78. The largest absolute Gasteiger partial charge is 0.478 e. The van der Waals surface area contributed by atoms with Gasteiger partial charge in [-0.2, -0.15) is 0 Å². The van der Waals surface area contributed by atoms with Crippen LogP contribution in [-0.4, -0.2) is 29.8 Å². The molecule has 0 atom stereocenters. The summed E-state index contributed by atoms with van der Waals surface area (Å²) in [4.78, 5) is 23.7. The van der Waals surface area contributed by atoms with E-state index in [0.29, 0.717) is 5.69 Å². The Morgan fingerprint density at radius 2 is 1.75 bits per heavy atom. The number of aliphatic carboxylic acids is 1. The standard InChI is InChI=1S/C15H19NO4/c1-15(2,3)20-14(19)16(4)12-8-5-11(6-9-12)7-10-13(17)18/h5-10H,1-4H3,(H,17,18). The Bertz CT molecular complexity index is 512. The van der Waals surface area contributed by atoms with Gasteiger partial charge in [-0.3, -0.25) is 4.90 Å². The molecule has 1 N–H and O–H groups in total. The van der Waals surface area contributed by atoms with Gasteiger partial charge in [0, 0.05) is 18.8 Å². The number of carboxylic acid groups (broad SMARTS) is 1. The van der Waals surface area contributed by atoms with Gasteiger partial charge in [0.05, 0.1) is 0 Å². The van der Waals surface area contributed by atoms with Gasteiger partial charge in [-0.05, 0) is 44.5 Å². The molecule has 0 saturated carbocycles. The molecule has 5 heteroatoms. The van der Waals surface area contributed by atoms with E-state index in [-0.39, 0.29) is 0 Å². The Hall–Kier alpha value is -2.30. The van der Waals surface area contributed by atoms with Crippen LogP contribution >= 0.6 is 0 Å². The van der Waals surface area contributed by atoms with Gasteiger partial charge in [0.2, 0.25) is 0 Å². The number of rotatable bonds is 3. The number of carbonyl (C=O) groups excluding carboxylic acids is 1. The van der Waals surface area contributed by atoms with Crippen molar-refractivity contribution in [1.29, 1.82) is 0 Å². The van der Waals surface area contributed by atoms with Gasteiger partial charge in [-0.25, -0.2) is 9.59 Å². The molecule has 1 rings (SSSR count). The Kier molecular flexibility index (Phi) is 4.91. The monoisotopic (exact) mass is 277 g/mol. The predicted molar refractivity (Wildman–Crippen MR) is 77.7 cm³/mol. The van der Waals surface area contributed by atoms with Gasteiger partial charge in [0.25, 0.3) is 0 Å². The van der Waals surface area contributed by atoms with Gasteiger partial charge in [-0.1, -0.05) is 12.1 Å². The number of anilines is 1. The summed E-state index contributed by atoms with van der Waals surface area (Å²) in [5.74, 6) is -1.00. The lowest BCUT2D eigenvalue weighted by Gasteiger charge is -2.24. The number of nitrogens with zero attached hydrogens (tertiary/aromatic N) is 1. The van der Waals surface area contributed by atoms with Crippen LogP contribution in [0, 0.1) is 0 Å². The summed E-state index contributed by atoms with van der Waals surface area (Å²) in [7, 11) is 1.62. The third kappa shape index (κ3) is 5.14. The topological polar surface area (TPSA) is 66.8 Å². The van der Waals surface area contributed by atoms with E-state index in [4.69, 9.17) is 9.84 Å². The molecule has 0 radical (unpaired) electrons. The fourth-order valence-electron chi connectivity index (χ4n) is 1.41. The number of ether oxygens (including phenoxy) is 1. The predicted octanol–water partition coefficient (Wildman–Crippen LogP) is 3.16. The molecule has 0 bridgehead atoms. The number of hydrogen-bond acceptors (Lipinski definition) is 3. The highest BCUT2D eigenvalue weighted by Gasteiger charge is 2.20. The van der Waals surface area contributed by atoms with Crippen molar-refractivity contribution in [1.82, 2.24) is 0 Å². The molecule has 0 aromatic heterocycles. The van der Waals surface area contributed by atoms with Crippen molar-refractivity contribution in [3.8, 4) is 0 Å². The third-order valence-corrected chi connectivity index (χ3v) is 2.37. The van der Waals surface area contributed by atoms with Crippen LogP contribution in [0.15, 0.2) is 30.3 Å². The first-order valence-electron chi connectivity index (χ1n) is 6.17. The van der Waals surface area contributed by atoms with Crippen molar-refractivity contribution in [2.75, 3.05) is 11.9 Å². The minimum absolute atomic E-state index is 0.439. The van der Waals surface area contributed by atoms with E-state index in [9.17, 15) is 9.59 Å². The maximum Gasteiger partial charge on any atom is 0.414 e. The van der Waals surface area contributed by atoms with E-state index >= 15 is 0 Å². The van der Waals surface area contributed by atoms with E-state index in [1.807, 2.05) is 0 Å². The molecule has 0 fully saturated rings. The average Bonchev–Trinajstić information content (AvgIpc) is 2.34. The molecule has 1 aromatic rings. The first kappa shape index (κ1) is 15.8. The van der Waals surface area contributed by atoms with Gasteiger partial charge in [-0.15, -0.1) is 0 Å². The second-order valence-corrected chi connectivity index (χ2v) is 5.30. The fourth-order valence-corrected chi connectivity index (χ4v) is 1.41. The zero-order chi connectivity index (χ0) is 15.3. The van der Waals surface area contributed by atoms with Crippen LogP contribution < -0.4 is 4.90 Å². The lowest BCUT2D eigenvalue weighted by atomic mass is 10.2. The summed E-state index contributed by atoms with van der Waals surface area (Å²) in [6, 6.07) is 6.92. The molecular formula is C15H19NO4. The van der Waals surface area contributed by atoms with Gasteiger partial charge < -0.3 is 9.84 Å². The first-order chi connectivity index (χ1) is 9.19. The maximum atomic E-state index is 11.9. The summed E-state index contributed by atoms with van der Waals surface area (Å²) >= 11 is 0. The zero-order valence-electron chi connectivity index (χ0n) is 12.1. The fraction of sp³-hybridized carbons (Fsp3) is 0.333. The van der Waals surface area contributed by atoms with Crippen LogP contribution in [0.2, 0.25) is 0 Å². The molecule has 20 heavy (non-hydrogen) atoms. The van der Waals surface area contributed by atoms with E-state index in [1.54, 1.807) is 52.1 Å². The maximum absolute atomic E-state index is 11.9. The number of carbonyl (C=O) groups is 2. The Labute approximate surface area is 118 Å². The molecule has 0 aliphatic rings. The van der Waals surface area contributed by atoms with Crippen LogP contribution in [0.5, 0.6) is 0 Å². The minimum atomic E-state index is -1.00. The van der Waals surface area contributed by atoms with Crippen molar-refractivity contribution in [2.24, 2.45) is 0 Å². The smallest absolute Gasteiger partial charge is 0.414 e. The number of hydrogen-bond donors (Lipinski definition) is 1.